The third-order valence-electron chi connectivity index (χ3n) is 1.84. The predicted octanol–water partition coefficient (Wildman–Crippen LogP) is 3.92. The Bertz CT molecular complexity index is 376. The molecule has 4 heteroatoms. The Morgan fingerprint density at radius 3 is 2.43 bits per heavy atom. The molecular weight excluding hydrogens is 232 g/mol. The molecule has 74 valence electrons. The molecule has 0 saturated heterocycles. The van der Waals surface area contributed by atoms with Crippen molar-refractivity contribution in [2.45, 2.75) is 5.75 Å². The van der Waals surface area contributed by atoms with Crippen LogP contribution in [0.5, 0.6) is 5.06 Å². The van der Waals surface area contributed by atoms with Crippen molar-refractivity contribution in [3.63, 3.8) is 0 Å². The molecule has 0 N–H and O–H groups in total. The van der Waals surface area contributed by atoms with Crippen molar-refractivity contribution in [3.8, 4) is 14.8 Å². The van der Waals surface area contributed by atoms with Crippen LogP contribution in [-0.4, -0.2) is 7.11 Å². The molecule has 0 aliphatic rings. The van der Waals surface area contributed by atoms with Gasteiger partial charge < -0.3 is 4.74 Å². The lowest BCUT2D eigenvalue weighted by Gasteiger charge is -1.90. The summed E-state index contributed by atoms with van der Waals surface area (Å²) in [4.78, 5) is 3.86. The second-order valence-electron chi connectivity index (χ2n) is 2.75. The van der Waals surface area contributed by atoms with Crippen LogP contribution in [0.25, 0.3) is 9.75 Å². The minimum atomic E-state index is 0.813. The summed E-state index contributed by atoms with van der Waals surface area (Å²) >= 11 is 7.71. The molecule has 0 saturated carbocycles. The Balaban J connectivity index is 2.29. The highest BCUT2D eigenvalue weighted by atomic mass is 32.1. The largest absolute Gasteiger partial charge is 0.487 e. The maximum absolute atomic E-state index is 5.16. The summed E-state index contributed by atoms with van der Waals surface area (Å²) in [5.74, 6) is 0.813. The van der Waals surface area contributed by atoms with E-state index in [-0.39, 0.29) is 0 Å². The summed E-state index contributed by atoms with van der Waals surface area (Å²) in [7, 11) is 1.70. The molecule has 0 aliphatic carbocycles. The number of thiol groups is 1. The van der Waals surface area contributed by atoms with Gasteiger partial charge in [-0.25, -0.2) is 0 Å². The van der Waals surface area contributed by atoms with Crippen molar-refractivity contribution in [1.29, 1.82) is 0 Å². The van der Waals surface area contributed by atoms with E-state index < -0.39 is 0 Å². The molecule has 0 aromatic carbocycles. The van der Waals surface area contributed by atoms with Gasteiger partial charge >= 0.3 is 0 Å². The van der Waals surface area contributed by atoms with Gasteiger partial charge in [0.2, 0.25) is 0 Å². The number of ether oxygens (including phenoxy) is 1. The zero-order valence-electron chi connectivity index (χ0n) is 7.69. The van der Waals surface area contributed by atoms with Gasteiger partial charge in [0, 0.05) is 20.4 Å². The summed E-state index contributed by atoms with van der Waals surface area (Å²) in [5.41, 5.74) is 0. The van der Waals surface area contributed by atoms with E-state index in [4.69, 9.17) is 4.74 Å². The van der Waals surface area contributed by atoms with E-state index >= 15 is 0 Å². The van der Waals surface area contributed by atoms with Crippen molar-refractivity contribution in [1.82, 2.24) is 0 Å². The first-order valence-electron chi connectivity index (χ1n) is 4.17. The van der Waals surface area contributed by atoms with Gasteiger partial charge in [-0.3, -0.25) is 0 Å². The van der Waals surface area contributed by atoms with Gasteiger partial charge in [0.15, 0.2) is 5.06 Å². The summed E-state index contributed by atoms with van der Waals surface area (Å²) in [5, 5.41) is 0.959. The first-order chi connectivity index (χ1) is 6.83. The Morgan fingerprint density at radius 1 is 1.14 bits per heavy atom. The van der Waals surface area contributed by atoms with E-state index in [1.165, 1.54) is 14.6 Å². The van der Waals surface area contributed by atoms with Crippen LogP contribution in [0.4, 0.5) is 0 Å². The molecule has 14 heavy (non-hydrogen) atoms. The van der Waals surface area contributed by atoms with E-state index in [0.717, 1.165) is 10.8 Å². The number of rotatable bonds is 3. The monoisotopic (exact) mass is 242 g/mol. The third-order valence-corrected chi connectivity index (χ3v) is 4.73. The summed E-state index contributed by atoms with van der Waals surface area (Å²) < 4.78 is 5.16. The smallest absolute Gasteiger partial charge is 0.173 e. The van der Waals surface area contributed by atoms with E-state index in [1.54, 1.807) is 29.8 Å². The molecule has 2 rings (SSSR count). The van der Waals surface area contributed by atoms with Crippen LogP contribution in [0.3, 0.4) is 0 Å². The first-order valence-corrected chi connectivity index (χ1v) is 6.44. The average Bonchev–Trinajstić information content (AvgIpc) is 2.86. The van der Waals surface area contributed by atoms with Crippen LogP contribution < -0.4 is 4.74 Å². The van der Waals surface area contributed by atoms with Crippen molar-refractivity contribution >= 4 is 35.3 Å². The molecular formula is C10H10OS3. The second kappa shape index (κ2) is 4.38. The van der Waals surface area contributed by atoms with Crippen LogP contribution in [0, 0.1) is 0 Å². The number of hydrogen-bond acceptors (Lipinski definition) is 4. The molecule has 0 bridgehead atoms. The fourth-order valence-corrected chi connectivity index (χ4v) is 3.24. The summed E-state index contributed by atoms with van der Waals surface area (Å²) in [6.07, 6.45) is 0. The molecule has 2 aromatic rings. The molecule has 0 unspecified atom stereocenters. The zero-order chi connectivity index (χ0) is 9.97. The highest BCUT2D eigenvalue weighted by Gasteiger charge is 2.05. The third kappa shape index (κ3) is 1.97. The molecule has 2 heterocycles. The Labute approximate surface area is 96.8 Å². The van der Waals surface area contributed by atoms with Gasteiger partial charge in [-0.2, -0.15) is 12.6 Å². The van der Waals surface area contributed by atoms with Crippen LogP contribution in [0.15, 0.2) is 24.3 Å². The normalized spacial score (nSPS) is 10.4. The number of thiophene rings is 2. The van der Waals surface area contributed by atoms with Crippen LogP contribution in [0.2, 0.25) is 0 Å². The van der Waals surface area contributed by atoms with Crippen molar-refractivity contribution in [3.05, 3.63) is 29.1 Å². The van der Waals surface area contributed by atoms with Gasteiger partial charge in [-0.1, -0.05) is 11.3 Å². The fourth-order valence-electron chi connectivity index (χ4n) is 1.16. The summed E-state index contributed by atoms with van der Waals surface area (Å²) in [6, 6.07) is 8.36. The van der Waals surface area contributed by atoms with E-state index in [0.29, 0.717) is 0 Å². The molecule has 0 fully saturated rings. The number of hydrogen-bond donors (Lipinski definition) is 1. The van der Waals surface area contributed by atoms with Gasteiger partial charge in [-0.05, 0) is 24.3 Å². The van der Waals surface area contributed by atoms with Crippen molar-refractivity contribution in [2.24, 2.45) is 0 Å². The van der Waals surface area contributed by atoms with Crippen molar-refractivity contribution in [2.75, 3.05) is 7.11 Å². The maximum Gasteiger partial charge on any atom is 0.173 e. The topological polar surface area (TPSA) is 9.23 Å². The molecule has 0 spiro atoms. The first kappa shape index (κ1) is 10.1. The van der Waals surface area contributed by atoms with E-state index in [2.05, 4.69) is 30.8 Å². The minimum Gasteiger partial charge on any atom is -0.487 e. The lowest BCUT2D eigenvalue weighted by atomic mass is 10.4. The quantitative estimate of drug-likeness (QED) is 0.803. The highest BCUT2D eigenvalue weighted by Crippen LogP contribution is 2.36. The molecule has 0 atom stereocenters. The Morgan fingerprint density at radius 2 is 1.86 bits per heavy atom. The van der Waals surface area contributed by atoms with Gasteiger partial charge in [-0.15, -0.1) is 11.3 Å². The maximum atomic E-state index is 5.16. The standard InChI is InChI=1S/C10H10OS3/c1-11-10-5-4-9(14-10)8-3-2-7(6-12)13-8/h2-5,12H,6H2,1H3. The minimum absolute atomic E-state index is 0.813. The highest BCUT2D eigenvalue weighted by molar-refractivity contribution is 7.79. The second-order valence-corrected chi connectivity index (χ2v) is 5.28. The van der Waals surface area contributed by atoms with Gasteiger partial charge in [0.1, 0.15) is 0 Å². The Kier molecular flexibility index (Phi) is 3.15. The Hall–Kier alpha value is -0.450. The SMILES string of the molecule is COc1ccc(-c2ccc(CS)s2)s1. The van der Waals surface area contributed by atoms with Crippen LogP contribution in [0.1, 0.15) is 4.88 Å². The molecule has 0 amide bonds. The van der Waals surface area contributed by atoms with E-state index in [9.17, 15) is 0 Å². The van der Waals surface area contributed by atoms with Crippen molar-refractivity contribution < 1.29 is 4.74 Å². The average molecular weight is 242 g/mol. The summed E-state index contributed by atoms with van der Waals surface area (Å²) in [6.45, 7) is 0. The van der Waals surface area contributed by atoms with E-state index in [1.807, 2.05) is 6.07 Å². The van der Waals surface area contributed by atoms with Crippen LogP contribution in [-0.2, 0) is 5.75 Å². The fraction of sp³-hybridized carbons (Fsp3) is 0.200. The van der Waals surface area contributed by atoms with Gasteiger partial charge in [0.25, 0.3) is 0 Å². The number of methoxy groups -OCH3 is 1. The zero-order valence-corrected chi connectivity index (χ0v) is 10.2. The molecule has 0 radical (unpaired) electrons. The lowest BCUT2D eigenvalue weighted by Crippen LogP contribution is -1.73. The lowest BCUT2D eigenvalue weighted by molar-refractivity contribution is 0.427. The molecule has 2 aromatic heterocycles. The molecule has 0 aliphatic heterocycles. The molecule has 1 nitrogen and oxygen atoms in total. The van der Waals surface area contributed by atoms with Gasteiger partial charge in [0.05, 0.1) is 7.11 Å². The predicted molar refractivity (Wildman–Crippen MR) is 66.9 cm³/mol. The van der Waals surface area contributed by atoms with Crippen LogP contribution >= 0.6 is 35.3 Å².